The van der Waals surface area contributed by atoms with Gasteiger partial charge in [-0.05, 0) is 82.9 Å². The number of alkyl carbamates (subject to hydrolysis) is 1. The highest BCUT2D eigenvalue weighted by Crippen LogP contribution is 2.54. The molecule has 2 aliphatic heterocycles. The largest absolute Gasteiger partial charge is 0.465 e. The zero-order valence-corrected chi connectivity index (χ0v) is 28.2. The minimum atomic E-state index is -0.738. The van der Waals surface area contributed by atoms with Gasteiger partial charge in [-0.15, -0.1) is 0 Å². The molecular formula is C37H44N4O6. The molecule has 248 valence electrons. The molecule has 2 amide bonds. The summed E-state index contributed by atoms with van der Waals surface area (Å²) >= 11 is 0. The van der Waals surface area contributed by atoms with E-state index in [2.05, 4.69) is 10.2 Å². The van der Waals surface area contributed by atoms with Crippen molar-refractivity contribution in [1.82, 2.24) is 10.2 Å². The summed E-state index contributed by atoms with van der Waals surface area (Å²) in [6, 6.07) is 24.1. The fourth-order valence-corrected chi connectivity index (χ4v) is 6.30. The molecule has 10 nitrogen and oxygen atoms in total. The van der Waals surface area contributed by atoms with E-state index in [9.17, 15) is 14.4 Å². The summed E-state index contributed by atoms with van der Waals surface area (Å²) in [5, 5.41) is 2.94. The first-order chi connectivity index (χ1) is 22.3. The van der Waals surface area contributed by atoms with E-state index in [1.54, 1.807) is 43.9 Å². The fraction of sp³-hybridized carbons (Fsp3) is 0.405. The van der Waals surface area contributed by atoms with Crippen molar-refractivity contribution in [3.63, 3.8) is 0 Å². The van der Waals surface area contributed by atoms with Crippen LogP contribution in [0.2, 0.25) is 0 Å². The van der Waals surface area contributed by atoms with Crippen molar-refractivity contribution in [3.05, 3.63) is 101 Å². The van der Waals surface area contributed by atoms with Crippen LogP contribution in [0.5, 0.6) is 0 Å². The molecule has 3 aromatic rings. The second kappa shape index (κ2) is 13.5. The van der Waals surface area contributed by atoms with E-state index in [1.165, 1.54) is 7.11 Å². The number of hydrogen-bond donors (Lipinski definition) is 1. The maximum atomic E-state index is 14.1. The Morgan fingerprint density at radius 2 is 1.49 bits per heavy atom. The number of anilines is 1. The van der Waals surface area contributed by atoms with E-state index in [0.29, 0.717) is 36.7 Å². The molecule has 1 saturated heterocycles. The summed E-state index contributed by atoms with van der Waals surface area (Å²) in [4.78, 5) is 48.8. The predicted molar refractivity (Wildman–Crippen MR) is 180 cm³/mol. The van der Waals surface area contributed by atoms with Gasteiger partial charge in [-0.1, -0.05) is 60.7 Å². The number of benzene rings is 3. The average Bonchev–Trinajstić information content (AvgIpc) is 3.46. The standard InChI is InChI=1S/C37H44N4O6/c1-36(2,3)46-34(43)39-33(38-23-24-14-10-8-11-15-24)40-21-20-27-30(25-16-12-9-13-17-25)41(35(44)47-37(4,5)6)29-19-18-26(32(42)45-7)22-28(29)31(27)40/h8-19,22,27,30-31H,20-21,23H2,1-7H3,(H,38,39,43)/t27-,30-,31-/m0/s1. The number of carbonyl (C=O) groups is 3. The average molecular weight is 641 g/mol. The van der Waals surface area contributed by atoms with E-state index in [1.807, 2.05) is 81.4 Å². The van der Waals surface area contributed by atoms with Gasteiger partial charge >= 0.3 is 18.2 Å². The molecule has 10 heteroatoms. The molecule has 1 fully saturated rings. The molecule has 47 heavy (non-hydrogen) atoms. The van der Waals surface area contributed by atoms with Crippen LogP contribution in [-0.4, -0.2) is 53.9 Å². The van der Waals surface area contributed by atoms with Crippen molar-refractivity contribution in [2.75, 3.05) is 18.6 Å². The van der Waals surface area contributed by atoms with Crippen LogP contribution in [0.1, 0.15) is 87.1 Å². The molecule has 5 rings (SSSR count). The van der Waals surface area contributed by atoms with E-state index >= 15 is 0 Å². The number of guanidine groups is 1. The van der Waals surface area contributed by atoms with E-state index < -0.39 is 35.4 Å². The summed E-state index contributed by atoms with van der Waals surface area (Å²) in [6.45, 7) is 11.8. The van der Waals surface area contributed by atoms with Crippen molar-refractivity contribution in [3.8, 4) is 0 Å². The molecule has 0 bridgehead atoms. The SMILES string of the molecule is COC(=O)c1ccc2c(c1)[C@@H]1[C@@H](CCN1C(=NCc1ccccc1)NC(=O)OC(C)(C)C)[C@H](c1ccccc1)N2C(=O)OC(C)(C)C. The van der Waals surface area contributed by atoms with Crippen LogP contribution in [-0.2, 0) is 20.8 Å². The number of fused-ring (bicyclic) bond motifs is 3. The molecule has 3 aromatic carbocycles. The monoisotopic (exact) mass is 640 g/mol. The second-order valence-electron chi connectivity index (χ2n) is 13.8. The molecular weight excluding hydrogens is 596 g/mol. The highest BCUT2D eigenvalue weighted by molar-refractivity contribution is 5.97. The lowest BCUT2D eigenvalue weighted by atomic mass is 9.78. The Bertz CT molecular complexity index is 1630. The quantitative estimate of drug-likeness (QED) is 0.137. The Morgan fingerprint density at radius 1 is 0.851 bits per heavy atom. The second-order valence-corrected chi connectivity index (χ2v) is 13.8. The Morgan fingerprint density at radius 3 is 2.11 bits per heavy atom. The van der Waals surface area contributed by atoms with Gasteiger partial charge in [0.05, 0.1) is 37.0 Å². The van der Waals surface area contributed by atoms with Crippen molar-refractivity contribution in [1.29, 1.82) is 0 Å². The van der Waals surface area contributed by atoms with Crippen molar-refractivity contribution in [2.24, 2.45) is 10.9 Å². The summed E-state index contributed by atoms with van der Waals surface area (Å²) < 4.78 is 16.7. The lowest BCUT2D eigenvalue weighted by Gasteiger charge is -2.46. The van der Waals surface area contributed by atoms with Gasteiger partial charge in [0.25, 0.3) is 0 Å². The van der Waals surface area contributed by atoms with Gasteiger partial charge in [-0.2, -0.15) is 0 Å². The number of hydrogen-bond acceptors (Lipinski definition) is 7. The maximum Gasteiger partial charge on any atom is 0.415 e. The van der Waals surface area contributed by atoms with Crippen LogP contribution >= 0.6 is 0 Å². The van der Waals surface area contributed by atoms with Gasteiger partial charge in [0.1, 0.15) is 11.2 Å². The highest BCUT2D eigenvalue weighted by Gasteiger charge is 2.51. The fourth-order valence-electron chi connectivity index (χ4n) is 6.30. The molecule has 3 atom stereocenters. The lowest BCUT2D eigenvalue weighted by molar-refractivity contribution is 0.0539. The lowest BCUT2D eigenvalue weighted by Crippen LogP contribution is -2.50. The van der Waals surface area contributed by atoms with E-state index in [-0.39, 0.29) is 12.0 Å². The molecule has 0 unspecified atom stereocenters. The number of aliphatic imine (C=N–C) groups is 1. The smallest absolute Gasteiger partial charge is 0.415 e. The maximum absolute atomic E-state index is 14.1. The highest BCUT2D eigenvalue weighted by atomic mass is 16.6. The molecule has 0 aromatic heterocycles. The zero-order chi connectivity index (χ0) is 33.9. The van der Waals surface area contributed by atoms with Crippen LogP contribution in [0.4, 0.5) is 15.3 Å². The summed E-state index contributed by atoms with van der Waals surface area (Å²) in [6.07, 6.45) is -0.451. The number of amides is 2. The number of likely N-dealkylation sites (tertiary alicyclic amines) is 1. The minimum Gasteiger partial charge on any atom is -0.465 e. The zero-order valence-electron chi connectivity index (χ0n) is 28.2. The Labute approximate surface area is 276 Å². The molecule has 2 aliphatic rings. The van der Waals surface area contributed by atoms with Crippen molar-refractivity contribution in [2.45, 2.75) is 77.8 Å². The normalized spacial score (nSPS) is 19.4. The Hall–Kier alpha value is -4.86. The summed E-state index contributed by atoms with van der Waals surface area (Å²) in [7, 11) is 1.34. The number of rotatable bonds is 4. The number of esters is 1. The Kier molecular flexibility index (Phi) is 9.60. The van der Waals surface area contributed by atoms with Gasteiger partial charge in [0.15, 0.2) is 0 Å². The predicted octanol–water partition coefficient (Wildman–Crippen LogP) is 7.41. The van der Waals surface area contributed by atoms with Gasteiger partial charge in [0.2, 0.25) is 5.96 Å². The minimum absolute atomic E-state index is 0.160. The van der Waals surface area contributed by atoms with Crippen LogP contribution in [0.25, 0.3) is 0 Å². The third kappa shape index (κ3) is 7.76. The third-order valence-corrected chi connectivity index (χ3v) is 8.03. The van der Waals surface area contributed by atoms with Crippen molar-refractivity contribution >= 4 is 29.8 Å². The molecule has 0 aliphatic carbocycles. The first kappa shape index (κ1) is 33.5. The Balaban J connectivity index is 1.67. The van der Waals surface area contributed by atoms with Crippen LogP contribution < -0.4 is 10.2 Å². The number of nitrogens with zero attached hydrogens (tertiary/aromatic N) is 3. The third-order valence-electron chi connectivity index (χ3n) is 8.03. The number of nitrogens with one attached hydrogen (secondary N) is 1. The van der Waals surface area contributed by atoms with Crippen LogP contribution in [0.15, 0.2) is 83.9 Å². The van der Waals surface area contributed by atoms with Crippen LogP contribution in [0, 0.1) is 5.92 Å². The molecule has 2 heterocycles. The molecule has 0 radical (unpaired) electrons. The van der Waals surface area contributed by atoms with Crippen molar-refractivity contribution < 1.29 is 28.6 Å². The molecule has 0 spiro atoms. The van der Waals surface area contributed by atoms with Crippen LogP contribution in [0.3, 0.4) is 0 Å². The topological polar surface area (TPSA) is 110 Å². The first-order valence-electron chi connectivity index (χ1n) is 15.9. The molecule has 1 N–H and O–H groups in total. The van der Waals surface area contributed by atoms with Gasteiger partial charge in [0, 0.05) is 12.5 Å². The van der Waals surface area contributed by atoms with E-state index in [4.69, 9.17) is 19.2 Å². The summed E-state index contributed by atoms with van der Waals surface area (Å²) in [5.74, 6) is -0.303. The summed E-state index contributed by atoms with van der Waals surface area (Å²) in [5.41, 5.74) is 2.14. The van der Waals surface area contributed by atoms with E-state index in [0.717, 1.165) is 16.7 Å². The number of ether oxygens (including phenoxy) is 3. The first-order valence-corrected chi connectivity index (χ1v) is 15.9. The van der Waals surface area contributed by atoms with Gasteiger partial charge in [-0.3, -0.25) is 10.2 Å². The van der Waals surface area contributed by atoms with Gasteiger partial charge in [-0.25, -0.2) is 19.4 Å². The molecule has 0 saturated carbocycles. The van der Waals surface area contributed by atoms with Gasteiger partial charge < -0.3 is 19.1 Å². The number of methoxy groups -OCH3 is 1. The number of carbonyl (C=O) groups excluding carboxylic acids is 3.